The highest BCUT2D eigenvalue weighted by molar-refractivity contribution is 7.92. The molecule has 0 aliphatic carbocycles. The van der Waals surface area contributed by atoms with Crippen LogP contribution in [0.2, 0.25) is 10.0 Å². The van der Waals surface area contributed by atoms with Crippen molar-refractivity contribution in [3.8, 4) is 5.75 Å². The highest BCUT2D eigenvalue weighted by Crippen LogP contribution is 2.30. The van der Waals surface area contributed by atoms with E-state index < -0.39 is 28.5 Å². The standard InChI is InChI=1S/C28H31Cl2N3O5S/c1-4-31-28(35)25(16-20-10-6-5-7-11-20)32(18-21-14-15-22(29)17-23(21)30)27(34)19-33(39(3,36)37)24-12-8-9-13-26(24)38-2/h5-15,17,25H,4,16,18-19H2,1-3H3,(H,31,35)/t25-/m1/s1. The summed E-state index contributed by atoms with van der Waals surface area (Å²) in [6.07, 6.45) is 1.22. The number of nitrogens with one attached hydrogen (secondary N) is 1. The maximum Gasteiger partial charge on any atom is 0.244 e. The third-order valence-corrected chi connectivity index (χ3v) is 7.72. The Morgan fingerprint density at radius 3 is 2.28 bits per heavy atom. The molecule has 0 aliphatic heterocycles. The second-order valence-electron chi connectivity index (χ2n) is 8.80. The minimum Gasteiger partial charge on any atom is -0.495 e. The number of nitrogens with zero attached hydrogens (tertiary/aromatic N) is 2. The predicted octanol–water partition coefficient (Wildman–Crippen LogP) is 4.54. The molecule has 0 saturated carbocycles. The fourth-order valence-corrected chi connectivity index (χ4v) is 5.43. The molecular formula is C28H31Cl2N3O5S. The van der Waals surface area contributed by atoms with Gasteiger partial charge in [0, 0.05) is 29.6 Å². The lowest BCUT2D eigenvalue weighted by Crippen LogP contribution is -2.53. The zero-order valence-electron chi connectivity index (χ0n) is 21.9. The molecule has 0 spiro atoms. The van der Waals surface area contributed by atoms with Crippen LogP contribution >= 0.6 is 23.2 Å². The summed E-state index contributed by atoms with van der Waals surface area (Å²) in [5, 5.41) is 3.55. The van der Waals surface area contributed by atoms with E-state index in [0.717, 1.165) is 16.1 Å². The second-order valence-corrected chi connectivity index (χ2v) is 11.5. The Balaban J connectivity index is 2.09. The Morgan fingerprint density at radius 1 is 1.00 bits per heavy atom. The number of amides is 2. The average molecular weight is 593 g/mol. The van der Waals surface area contributed by atoms with E-state index in [1.807, 2.05) is 30.3 Å². The van der Waals surface area contributed by atoms with Crippen LogP contribution in [0, 0.1) is 0 Å². The van der Waals surface area contributed by atoms with Gasteiger partial charge in [0.25, 0.3) is 0 Å². The van der Waals surface area contributed by atoms with Crippen LogP contribution in [-0.2, 0) is 32.6 Å². The van der Waals surface area contributed by atoms with E-state index in [2.05, 4.69) is 5.32 Å². The van der Waals surface area contributed by atoms with Gasteiger partial charge in [-0.2, -0.15) is 0 Å². The molecule has 0 fully saturated rings. The first-order valence-electron chi connectivity index (χ1n) is 12.2. The van der Waals surface area contributed by atoms with Crippen molar-refractivity contribution in [2.75, 3.05) is 30.8 Å². The van der Waals surface area contributed by atoms with Crippen LogP contribution in [0.3, 0.4) is 0 Å². The number of hydrogen-bond acceptors (Lipinski definition) is 5. The molecule has 3 aromatic carbocycles. The monoisotopic (exact) mass is 591 g/mol. The van der Waals surface area contributed by atoms with Crippen LogP contribution in [0.1, 0.15) is 18.1 Å². The van der Waals surface area contributed by atoms with Gasteiger partial charge in [0.1, 0.15) is 18.3 Å². The Hall–Kier alpha value is -3.27. The van der Waals surface area contributed by atoms with Crippen LogP contribution in [0.4, 0.5) is 5.69 Å². The number of carbonyl (C=O) groups is 2. The Morgan fingerprint density at radius 2 is 1.67 bits per heavy atom. The van der Waals surface area contributed by atoms with E-state index in [4.69, 9.17) is 27.9 Å². The summed E-state index contributed by atoms with van der Waals surface area (Å²) in [4.78, 5) is 28.8. The van der Waals surface area contributed by atoms with Gasteiger partial charge in [-0.1, -0.05) is 71.7 Å². The molecule has 8 nitrogen and oxygen atoms in total. The summed E-state index contributed by atoms with van der Waals surface area (Å²) in [7, 11) is -2.50. The number of hydrogen-bond donors (Lipinski definition) is 1. The summed E-state index contributed by atoms with van der Waals surface area (Å²) in [6.45, 7) is 1.53. The molecule has 0 unspecified atom stereocenters. The molecule has 208 valence electrons. The van der Waals surface area contributed by atoms with Gasteiger partial charge in [-0.15, -0.1) is 0 Å². The second kappa shape index (κ2) is 13.7. The highest BCUT2D eigenvalue weighted by atomic mass is 35.5. The largest absolute Gasteiger partial charge is 0.495 e. The summed E-state index contributed by atoms with van der Waals surface area (Å²) in [5.74, 6) is -0.680. The van der Waals surface area contributed by atoms with Gasteiger partial charge in [-0.05, 0) is 42.3 Å². The normalized spacial score (nSPS) is 11.9. The van der Waals surface area contributed by atoms with Crippen molar-refractivity contribution in [1.29, 1.82) is 0 Å². The minimum atomic E-state index is -3.92. The first-order valence-corrected chi connectivity index (χ1v) is 14.8. The number of methoxy groups -OCH3 is 1. The predicted molar refractivity (Wildman–Crippen MR) is 155 cm³/mol. The zero-order chi connectivity index (χ0) is 28.6. The van der Waals surface area contributed by atoms with Crippen LogP contribution in [0.15, 0.2) is 72.8 Å². The maximum absolute atomic E-state index is 14.0. The van der Waals surface area contributed by atoms with E-state index in [9.17, 15) is 18.0 Å². The number of carbonyl (C=O) groups excluding carboxylic acids is 2. The third kappa shape index (κ3) is 8.11. The fourth-order valence-electron chi connectivity index (χ4n) is 4.11. The van der Waals surface area contributed by atoms with Crippen molar-refractivity contribution in [2.24, 2.45) is 0 Å². The van der Waals surface area contributed by atoms with Crippen molar-refractivity contribution in [3.63, 3.8) is 0 Å². The number of para-hydroxylation sites is 2. The topological polar surface area (TPSA) is 96.0 Å². The van der Waals surface area contributed by atoms with Gasteiger partial charge < -0.3 is 15.0 Å². The number of halogens is 2. The van der Waals surface area contributed by atoms with Gasteiger partial charge in [-0.25, -0.2) is 8.42 Å². The molecule has 1 N–H and O–H groups in total. The number of rotatable bonds is 12. The lowest BCUT2D eigenvalue weighted by molar-refractivity contribution is -0.140. The van der Waals surface area contributed by atoms with Gasteiger partial charge >= 0.3 is 0 Å². The van der Waals surface area contributed by atoms with Crippen molar-refractivity contribution in [2.45, 2.75) is 25.9 Å². The van der Waals surface area contributed by atoms with Crippen molar-refractivity contribution in [3.05, 3.63) is 94.0 Å². The lowest BCUT2D eigenvalue weighted by Gasteiger charge is -2.33. The molecule has 0 heterocycles. The lowest BCUT2D eigenvalue weighted by atomic mass is 10.0. The quantitative estimate of drug-likeness (QED) is 0.333. The number of sulfonamides is 1. The fraction of sp³-hybridized carbons (Fsp3) is 0.286. The van der Waals surface area contributed by atoms with Gasteiger partial charge in [0.15, 0.2) is 0 Å². The zero-order valence-corrected chi connectivity index (χ0v) is 24.3. The summed E-state index contributed by atoms with van der Waals surface area (Å²) in [6, 6.07) is 19.7. The molecule has 2 amide bonds. The first kappa shape index (κ1) is 30.3. The molecule has 3 rings (SSSR count). The smallest absolute Gasteiger partial charge is 0.244 e. The summed E-state index contributed by atoms with van der Waals surface area (Å²) >= 11 is 12.5. The number of anilines is 1. The van der Waals surface area contributed by atoms with Gasteiger partial charge in [0.2, 0.25) is 21.8 Å². The average Bonchev–Trinajstić information content (AvgIpc) is 2.90. The number of ether oxygens (including phenoxy) is 1. The number of benzene rings is 3. The van der Waals surface area contributed by atoms with E-state index in [1.54, 1.807) is 49.4 Å². The highest BCUT2D eigenvalue weighted by Gasteiger charge is 2.33. The summed E-state index contributed by atoms with van der Waals surface area (Å²) < 4.78 is 32.1. The number of likely N-dealkylation sites (N-methyl/N-ethyl adjacent to an activating group) is 1. The minimum absolute atomic E-state index is 0.0486. The van der Waals surface area contributed by atoms with E-state index >= 15 is 0 Å². The molecule has 1 atom stereocenters. The Kier molecular flexibility index (Phi) is 10.6. The Labute approximate surface area is 239 Å². The maximum atomic E-state index is 14.0. The van der Waals surface area contributed by atoms with Gasteiger partial charge in [0.05, 0.1) is 19.1 Å². The molecule has 39 heavy (non-hydrogen) atoms. The third-order valence-electron chi connectivity index (χ3n) is 6.01. The van der Waals surface area contributed by atoms with E-state index in [-0.39, 0.29) is 30.3 Å². The van der Waals surface area contributed by atoms with Crippen LogP contribution in [-0.4, -0.2) is 57.6 Å². The molecule has 0 aromatic heterocycles. The molecule has 0 radical (unpaired) electrons. The molecular weight excluding hydrogens is 561 g/mol. The first-order chi connectivity index (χ1) is 18.5. The van der Waals surface area contributed by atoms with Crippen LogP contribution < -0.4 is 14.4 Å². The molecule has 0 bridgehead atoms. The van der Waals surface area contributed by atoms with Crippen LogP contribution in [0.5, 0.6) is 5.75 Å². The Bertz CT molecular complexity index is 1400. The molecule has 0 saturated heterocycles. The molecule has 3 aromatic rings. The summed E-state index contributed by atoms with van der Waals surface area (Å²) in [5.41, 5.74) is 1.59. The van der Waals surface area contributed by atoms with E-state index in [0.29, 0.717) is 22.2 Å². The molecule has 11 heteroatoms. The van der Waals surface area contributed by atoms with Crippen molar-refractivity contribution < 1.29 is 22.7 Å². The van der Waals surface area contributed by atoms with Crippen molar-refractivity contribution >= 4 is 50.7 Å². The SMILES string of the molecule is CCNC(=O)[C@@H](Cc1ccccc1)N(Cc1ccc(Cl)cc1Cl)C(=O)CN(c1ccccc1OC)S(C)(=O)=O. The van der Waals surface area contributed by atoms with E-state index in [1.165, 1.54) is 12.0 Å². The van der Waals surface area contributed by atoms with Crippen LogP contribution in [0.25, 0.3) is 0 Å². The molecule has 0 aliphatic rings. The van der Waals surface area contributed by atoms with Gasteiger partial charge in [-0.3, -0.25) is 13.9 Å². The van der Waals surface area contributed by atoms with Crippen molar-refractivity contribution in [1.82, 2.24) is 10.2 Å².